The molecule has 0 aliphatic heterocycles. The molecule has 3 aromatic rings. The highest BCUT2D eigenvalue weighted by Crippen LogP contribution is 2.23. The van der Waals surface area contributed by atoms with Crippen molar-refractivity contribution in [2.45, 2.75) is 13.3 Å². The van der Waals surface area contributed by atoms with Crippen LogP contribution < -0.4 is 17.1 Å². The summed E-state index contributed by atoms with van der Waals surface area (Å²) in [5, 5.41) is 0.708. The summed E-state index contributed by atoms with van der Waals surface area (Å²) in [6.07, 6.45) is 0.413. The lowest BCUT2D eigenvalue weighted by Crippen LogP contribution is -2.13. The molecule has 0 radical (unpaired) electrons. The number of carbonyl (C=O) groups is 1. The van der Waals surface area contributed by atoms with Crippen molar-refractivity contribution in [3.63, 3.8) is 0 Å². The van der Waals surface area contributed by atoms with Gasteiger partial charge in [-0.2, -0.15) is 0 Å². The van der Waals surface area contributed by atoms with E-state index in [0.29, 0.717) is 34.2 Å². The lowest BCUT2D eigenvalue weighted by atomic mass is 9.98. The molecule has 23 heavy (non-hydrogen) atoms. The first-order valence-corrected chi connectivity index (χ1v) is 7.16. The Balaban J connectivity index is 2.16. The fourth-order valence-corrected chi connectivity index (χ4v) is 2.65. The topological polar surface area (TPSA) is 99.3 Å². The molecule has 1 amide bonds. The summed E-state index contributed by atoms with van der Waals surface area (Å²) in [6.45, 7) is 1.84. The minimum Gasteiger partial charge on any atom is -0.423 e. The van der Waals surface area contributed by atoms with Gasteiger partial charge < -0.3 is 15.9 Å². The Kier molecular flexibility index (Phi) is 3.62. The van der Waals surface area contributed by atoms with Gasteiger partial charge in [-0.05, 0) is 48.4 Å². The second-order valence-corrected chi connectivity index (χ2v) is 5.49. The van der Waals surface area contributed by atoms with E-state index in [9.17, 15) is 9.59 Å². The summed E-state index contributed by atoms with van der Waals surface area (Å²) >= 11 is 0. The van der Waals surface area contributed by atoms with Gasteiger partial charge in [0.2, 0.25) is 5.91 Å². The van der Waals surface area contributed by atoms with Crippen LogP contribution in [0.2, 0.25) is 0 Å². The molecule has 0 aliphatic carbocycles. The fourth-order valence-electron chi connectivity index (χ4n) is 2.65. The van der Waals surface area contributed by atoms with Crippen LogP contribution in [0.25, 0.3) is 11.0 Å². The molecule has 0 saturated heterocycles. The number of hydrogen-bond donors (Lipinski definition) is 2. The number of anilines is 1. The van der Waals surface area contributed by atoms with E-state index in [4.69, 9.17) is 15.9 Å². The van der Waals surface area contributed by atoms with Gasteiger partial charge in [0.25, 0.3) is 0 Å². The Morgan fingerprint density at radius 1 is 1.17 bits per heavy atom. The molecule has 0 bridgehead atoms. The number of hydrogen-bond acceptors (Lipinski definition) is 4. The number of primary amides is 1. The number of benzene rings is 2. The normalized spacial score (nSPS) is 10.8. The Labute approximate surface area is 132 Å². The van der Waals surface area contributed by atoms with Crippen LogP contribution in [0, 0.1) is 6.92 Å². The van der Waals surface area contributed by atoms with Crippen LogP contribution in [-0.4, -0.2) is 5.91 Å². The molecule has 0 fully saturated rings. The molecule has 1 heterocycles. The maximum atomic E-state index is 12.3. The Morgan fingerprint density at radius 3 is 2.65 bits per heavy atom. The van der Waals surface area contributed by atoms with Gasteiger partial charge in [0.15, 0.2) is 0 Å². The zero-order valence-corrected chi connectivity index (χ0v) is 12.6. The Morgan fingerprint density at radius 2 is 1.96 bits per heavy atom. The van der Waals surface area contributed by atoms with Crippen molar-refractivity contribution in [3.8, 4) is 0 Å². The van der Waals surface area contributed by atoms with E-state index in [2.05, 4.69) is 0 Å². The fraction of sp³-hybridized carbons (Fsp3) is 0.111. The summed E-state index contributed by atoms with van der Waals surface area (Å²) in [4.78, 5) is 23.6. The van der Waals surface area contributed by atoms with Crippen molar-refractivity contribution < 1.29 is 9.21 Å². The molecule has 0 atom stereocenters. The monoisotopic (exact) mass is 308 g/mol. The average Bonchev–Trinajstić information content (AvgIpc) is 2.51. The molecule has 0 aliphatic rings. The van der Waals surface area contributed by atoms with Crippen LogP contribution in [0.4, 0.5) is 5.69 Å². The van der Waals surface area contributed by atoms with Crippen molar-refractivity contribution in [2.24, 2.45) is 5.73 Å². The van der Waals surface area contributed by atoms with E-state index < -0.39 is 5.91 Å². The second kappa shape index (κ2) is 5.61. The lowest BCUT2D eigenvalue weighted by molar-refractivity contribution is 0.100. The van der Waals surface area contributed by atoms with Gasteiger partial charge in [0.05, 0.1) is 0 Å². The molecule has 0 unspecified atom stereocenters. The molecule has 4 N–H and O–H groups in total. The van der Waals surface area contributed by atoms with E-state index in [0.717, 1.165) is 11.1 Å². The molecule has 1 aromatic heterocycles. The Bertz CT molecular complexity index is 974. The van der Waals surface area contributed by atoms with Crippen molar-refractivity contribution in [3.05, 3.63) is 75.1 Å². The largest absolute Gasteiger partial charge is 0.423 e. The van der Waals surface area contributed by atoms with Crippen LogP contribution >= 0.6 is 0 Å². The molecular formula is C18H16N2O3. The van der Waals surface area contributed by atoms with Gasteiger partial charge in [-0.15, -0.1) is 0 Å². The zero-order chi connectivity index (χ0) is 16.6. The van der Waals surface area contributed by atoms with Gasteiger partial charge in [-0.25, -0.2) is 4.79 Å². The summed E-state index contributed by atoms with van der Waals surface area (Å²) in [5.41, 5.74) is 14.4. The highest BCUT2D eigenvalue weighted by atomic mass is 16.4. The third kappa shape index (κ3) is 2.81. The van der Waals surface area contributed by atoms with Gasteiger partial charge in [0, 0.05) is 28.6 Å². The van der Waals surface area contributed by atoms with Crippen molar-refractivity contribution in [1.82, 2.24) is 0 Å². The Hall–Kier alpha value is -3.08. The third-order valence-electron chi connectivity index (χ3n) is 3.90. The number of fused-ring (bicyclic) bond motifs is 1. The summed E-state index contributed by atoms with van der Waals surface area (Å²) < 4.78 is 5.37. The standard InChI is InChI=1S/C18H16N2O3/c1-10-14-9-12(17(20)21)5-6-16(14)23-18(22)15(10)8-11-3-2-4-13(19)7-11/h2-7,9H,8,19H2,1H3,(H2,20,21). The van der Waals surface area contributed by atoms with Gasteiger partial charge >= 0.3 is 5.63 Å². The van der Waals surface area contributed by atoms with Gasteiger partial charge in [-0.1, -0.05) is 12.1 Å². The maximum Gasteiger partial charge on any atom is 0.340 e. The van der Waals surface area contributed by atoms with Crippen LogP contribution in [0.15, 0.2) is 51.7 Å². The molecule has 0 spiro atoms. The lowest BCUT2D eigenvalue weighted by Gasteiger charge is -2.09. The molecule has 0 saturated carbocycles. The highest BCUT2D eigenvalue weighted by Gasteiger charge is 2.13. The first kappa shape index (κ1) is 14.8. The number of amides is 1. The first-order valence-electron chi connectivity index (χ1n) is 7.16. The van der Waals surface area contributed by atoms with Crippen LogP contribution in [0.5, 0.6) is 0 Å². The number of nitrogen functional groups attached to an aromatic ring is 1. The SMILES string of the molecule is Cc1c(Cc2cccc(N)c2)c(=O)oc2ccc(C(N)=O)cc12. The zero-order valence-electron chi connectivity index (χ0n) is 12.6. The molecule has 3 rings (SSSR count). The predicted molar refractivity (Wildman–Crippen MR) is 89.4 cm³/mol. The highest BCUT2D eigenvalue weighted by molar-refractivity contribution is 5.97. The minimum atomic E-state index is -0.519. The summed E-state index contributed by atoms with van der Waals surface area (Å²) in [5.74, 6) is -0.519. The van der Waals surface area contributed by atoms with Crippen LogP contribution in [-0.2, 0) is 6.42 Å². The molecule has 5 heteroatoms. The smallest absolute Gasteiger partial charge is 0.340 e. The number of carbonyl (C=O) groups excluding carboxylic acids is 1. The number of nitrogens with two attached hydrogens (primary N) is 2. The minimum absolute atomic E-state index is 0.379. The van der Waals surface area contributed by atoms with Crippen LogP contribution in [0.3, 0.4) is 0 Å². The third-order valence-corrected chi connectivity index (χ3v) is 3.90. The molecule has 5 nitrogen and oxygen atoms in total. The predicted octanol–water partition coefficient (Wildman–Crippen LogP) is 2.37. The van der Waals surface area contributed by atoms with Crippen LogP contribution in [0.1, 0.15) is 27.0 Å². The molecular weight excluding hydrogens is 292 g/mol. The van der Waals surface area contributed by atoms with Crippen molar-refractivity contribution in [2.75, 3.05) is 5.73 Å². The van der Waals surface area contributed by atoms with Crippen molar-refractivity contribution >= 4 is 22.6 Å². The van der Waals surface area contributed by atoms with E-state index in [1.807, 2.05) is 25.1 Å². The molecule has 116 valence electrons. The first-order chi connectivity index (χ1) is 11.0. The van der Waals surface area contributed by atoms with E-state index in [1.165, 1.54) is 0 Å². The molecule has 2 aromatic carbocycles. The average molecular weight is 308 g/mol. The second-order valence-electron chi connectivity index (χ2n) is 5.49. The summed E-state index contributed by atoms with van der Waals surface area (Å²) in [7, 11) is 0. The van der Waals surface area contributed by atoms with E-state index in [1.54, 1.807) is 24.3 Å². The maximum absolute atomic E-state index is 12.3. The quantitative estimate of drug-likeness (QED) is 0.573. The van der Waals surface area contributed by atoms with Gasteiger partial charge in [-0.3, -0.25) is 4.79 Å². The van der Waals surface area contributed by atoms with Crippen molar-refractivity contribution in [1.29, 1.82) is 0 Å². The number of rotatable bonds is 3. The van der Waals surface area contributed by atoms with Gasteiger partial charge in [0.1, 0.15) is 5.58 Å². The van der Waals surface area contributed by atoms with E-state index >= 15 is 0 Å². The van der Waals surface area contributed by atoms with E-state index in [-0.39, 0.29) is 5.63 Å². The number of aryl methyl sites for hydroxylation is 1. The summed E-state index contributed by atoms with van der Waals surface area (Å²) in [6, 6.07) is 12.1.